The molecule has 32 heavy (non-hydrogen) atoms. The highest BCUT2D eigenvalue weighted by molar-refractivity contribution is 7.19. The van der Waals surface area contributed by atoms with Crippen LogP contribution < -0.4 is 9.47 Å². The fourth-order valence-corrected chi connectivity index (χ4v) is 5.61. The van der Waals surface area contributed by atoms with Gasteiger partial charge in [0.25, 0.3) is 0 Å². The Morgan fingerprint density at radius 1 is 0.688 bits per heavy atom. The highest BCUT2D eigenvalue weighted by Crippen LogP contribution is 2.35. The van der Waals surface area contributed by atoms with Crippen LogP contribution in [0, 0.1) is 27.7 Å². The second kappa shape index (κ2) is 8.44. The van der Waals surface area contributed by atoms with Crippen LogP contribution in [0.1, 0.15) is 32.0 Å². The molecule has 0 spiro atoms. The Morgan fingerprint density at radius 2 is 1.16 bits per heavy atom. The summed E-state index contributed by atoms with van der Waals surface area (Å²) in [7, 11) is 0. The van der Waals surface area contributed by atoms with Crippen LogP contribution in [0.2, 0.25) is 0 Å². The van der Waals surface area contributed by atoms with Crippen molar-refractivity contribution >= 4 is 43.1 Å². The molecule has 0 atom stereocenters. The summed E-state index contributed by atoms with van der Waals surface area (Å²) in [6, 6.07) is 8.20. The van der Waals surface area contributed by atoms with E-state index >= 15 is 0 Å². The molecule has 5 aromatic rings. The number of rotatable bonds is 6. The molecule has 6 nitrogen and oxygen atoms in total. The molecule has 4 heterocycles. The van der Waals surface area contributed by atoms with Crippen LogP contribution in [0.3, 0.4) is 0 Å². The first-order chi connectivity index (χ1) is 15.5. The van der Waals surface area contributed by atoms with Crippen molar-refractivity contribution in [3.8, 4) is 11.8 Å². The summed E-state index contributed by atoms with van der Waals surface area (Å²) in [5.74, 6) is 1.26. The van der Waals surface area contributed by atoms with Crippen molar-refractivity contribution in [3.63, 3.8) is 0 Å². The molecule has 0 radical (unpaired) electrons. The minimum atomic E-state index is 0.425. The summed E-state index contributed by atoms with van der Waals surface area (Å²) in [5.41, 5.74) is 4.46. The van der Waals surface area contributed by atoms with Gasteiger partial charge in [0, 0.05) is 9.75 Å². The minimum absolute atomic E-state index is 0.425. The van der Waals surface area contributed by atoms with E-state index in [9.17, 15) is 0 Å². The van der Waals surface area contributed by atoms with E-state index in [1.165, 1.54) is 20.9 Å². The smallest absolute Gasteiger partial charge is 0.225 e. The summed E-state index contributed by atoms with van der Waals surface area (Å²) in [6.45, 7) is 9.22. The number of ether oxygens (including phenoxy) is 2. The first kappa shape index (κ1) is 20.8. The van der Waals surface area contributed by atoms with E-state index in [4.69, 9.17) is 9.47 Å². The van der Waals surface area contributed by atoms with Crippen LogP contribution in [0.25, 0.3) is 20.4 Å². The van der Waals surface area contributed by atoms with Crippen molar-refractivity contribution in [2.24, 2.45) is 0 Å². The molecule has 0 aliphatic rings. The Hall–Kier alpha value is -3.10. The third-order valence-electron chi connectivity index (χ3n) is 5.60. The highest BCUT2D eigenvalue weighted by atomic mass is 32.1. The highest BCUT2D eigenvalue weighted by Gasteiger charge is 2.14. The predicted molar refractivity (Wildman–Crippen MR) is 129 cm³/mol. The van der Waals surface area contributed by atoms with Crippen molar-refractivity contribution in [2.45, 2.75) is 40.9 Å². The molecule has 162 valence electrons. The molecular weight excluding hydrogens is 440 g/mol. The number of hydrogen-bond acceptors (Lipinski definition) is 8. The summed E-state index contributed by atoms with van der Waals surface area (Å²) in [4.78, 5) is 21.9. The number of thiophene rings is 2. The molecule has 5 rings (SSSR count). The van der Waals surface area contributed by atoms with Crippen molar-refractivity contribution in [1.29, 1.82) is 0 Å². The molecule has 4 aromatic heterocycles. The van der Waals surface area contributed by atoms with Crippen molar-refractivity contribution in [2.75, 3.05) is 0 Å². The van der Waals surface area contributed by atoms with Gasteiger partial charge in [-0.3, -0.25) is 0 Å². The van der Waals surface area contributed by atoms with Crippen LogP contribution in [0.4, 0.5) is 0 Å². The van der Waals surface area contributed by atoms with Gasteiger partial charge < -0.3 is 9.47 Å². The average molecular weight is 463 g/mol. The first-order valence-electron chi connectivity index (χ1n) is 10.3. The van der Waals surface area contributed by atoms with Crippen molar-refractivity contribution in [3.05, 3.63) is 68.9 Å². The van der Waals surface area contributed by atoms with E-state index in [1.54, 1.807) is 35.3 Å². The van der Waals surface area contributed by atoms with E-state index < -0.39 is 0 Å². The number of aryl methyl sites for hydroxylation is 4. The maximum absolute atomic E-state index is 6.09. The Kier molecular flexibility index (Phi) is 5.48. The molecule has 0 aliphatic carbocycles. The lowest BCUT2D eigenvalue weighted by atomic mass is 10.1. The third-order valence-corrected chi connectivity index (χ3v) is 7.83. The van der Waals surface area contributed by atoms with Crippen LogP contribution in [-0.4, -0.2) is 19.9 Å². The van der Waals surface area contributed by atoms with Gasteiger partial charge in [-0.05, 0) is 56.0 Å². The minimum Gasteiger partial charge on any atom is -0.472 e. The van der Waals surface area contributed by atoms with Gasteiger partial charge in [0.2, 0.25) is 11.8 Å². The molecule has 0 unspecified atom stereocenters. The number of aromatic nitrogens is 4. The Morgan fingerprint density at radius 3 is 1.62 bits per heavy atom. The fourth-order valence-electron chi connectivity index (χ4n) is 3.63. The van der Waals surface area contributed by atoms with Gasteiger partial charge in [-0.15, -0.1) is 22.7 Å². The SMILES string of the molecule is Cc1sc2ncnc(OCc3cccc(COc4ncnc5sc(C)c(C)c45)c3)c2c1C. The quantitative estimate of drug-likeness (QED) is 0.304. The third kappa shape index (κ3) is 3.80. The average Bonchev–Trinajstić information content (AvgIpc) is 3.26. The van der Waals surface area contributed by atoms with E-state index in [-0.39, 0.29) is 0 Å². The summed E-state index contributed by atoms with van der Waals surface area (Å²) >= 11 is 3.33. The molecule has 8 heteroatoms. The van der Waals surface area contributed by atoms with E-state index in [0.29, 0.717) is 25.0 Å². The topological polar surface area (TPSA) is 70.0 Å². The largest absolute Gasteiger partial charge is 0.472 e. The standard InChI is InChI=1S/C24H22N4O2S2/c1-13-15(3)31-23-19(13)21(25-11-27-23)29-9-17-6-5-7-18(8-17)10-30-22-20-14(2)16(4)32-24(20)28-12-26-22/h5-8,11-12H,9-10H2,1-4H3. The van der Waals surface area contributed by atoms with Crippen LogP contribution in [0.15, 0.2) is 36.9 Å². The molecule has 0 saturated heterocycles. The van der Waals surface area contributed by atoms with Crippen LogP contribution in [0.5, 0.6) is 11.8 Å². The predicted octanol–water partition coefficient (Wildman–Crippen LogP) is 6.09. The second-order valence-corrected chi connectivity index (χ2v) is 10.1. The van der Waals surface area contributed by atoms with Gasteiger partial charge in [0.1, 0.15) is 35.5 Å². The Bertz CT molecular complexity index is 1340. The van der Waals surface area contributed by atoms with E-state index in [0.717, 1.165) is 31.6 Å². The molecule has 0 N–H and O–H groups in total. The lowest BCUT2D eigenvalue weighted by Crippen LogP contribution is -2.02. The number of benzene rings is 1. The lowest BCUT2D eigenvalue weighted by molar-refractivity contribution is 0.291. The van der Waals surface area contributed by atoms with Gasteiger partial charge >= 0.3 is 0 Å². The van der Waals surface area contributed by atoms with Gasteiger partial charge in [-0.2, -0.15) is 0 Å². The Labute approximate surface area is 193 Å². The zero-order valence-electron chi connectivity index (χ0n) is 18.3. The Balaban J connectivity index is 1.32. The maximum atomic E-state index is 6.09. The normalized spacial score (nSPS) is 11.4. The monoisotopic (exact) mass is 462 g/mol. The van der Waals surface area contributed by atoms with E-state index in [1.807, 2.05) is 18.2 Å². The molecule has 1 aromatic carbocycles. The first-order valence-corrected chi connectivity index (χ1v) is 11.9. The second-order valence-electron chi connectivity index (χ2n) is 7.68. The molecule has 0 aliphatic heterocycles. The van der Waals surface area contributed by atoms with Crippen molar-refractivity contribution < 1.29 is 9.47 Å². The van der Waals surface area contributed by atoms with Crippen LogP contribution >= 0.6 is 22.7 Å². The van der Waals surface area contributed by atoms with Gasteiger partial charge in [0.15, 0.2) is 0 Å². The maximum Gasteiger partial charge on any atom is 0.225 e. The molecule has 0 saturated carbocycles. The van der Waals surface area contributed by atoms with Crippen molar-refractivity contribution in [1.82, 2.24) is 19.9 Å². The van der Waals surface area contributed by atoms with Gasteiger partial charge in [0.05, 0.1) is 10.8 Å². The lowest BCUT2D eigenvalue weighted by Gasteiger charge is -2.10. The molecule has 0 amide bonds. The summed E-state index contributed by atoms with van der Waals surface area (Å²) < 4.78 is 12.2. The number of fused-ring (bicyclic) bond motifs is 2. The fraction of sp³-hybridized carbons (Fsp3) is 0.250. The van der Waals surface area contributed by atoms with Gasteiger partial charge in [-0.1, -0.05) is 18.2 Å². The van der Waals surface area contributed by atoms with E-state index in [2.05, 4.69) is 53.7 Å². The zero-order chi connectivity index (χ0) is 22.2. The molecule has 0 bridgehead atoms. The zero-order valence-corrected chi connectivity index (χ0v) is 19.9. The molecular formula is C24H22N4O2S2. The number of hydrogen-bond donors (Lipinski definition) is 0. The number of nitrogens with zero attached hydrogens (tertiary/aromatic N) is 4. The van der Waals surface area contributed by atoms with Crippen LogP contribution in [-0.2, 0) is 13.2 Å². The summed E-state index contributed by atoms with van der Waals surface area (Å²) in [5, 5.41) is 2.01. The molecule has 0 fully saturated rings. The van der Waals surface area contributed by atoms with Gasteiger partial charge in [-0.25, -0.2) is 19.9 Å². The summed E-state index contributed by atoms with van der Waals surface area (Å²) in [6.07, 6.45) is 3.13.